The Labute approximate surface area is 141 Å². The minimum atomic E-state index is -0.489. The monoisotopic (exact) mass is 339 g/mol. The summed E-state index contributed by atoms with van der Waals surface area (Å²) in [5.41, 5.74) is -0.489. The Kier molecular flexibility index (Phi) is 5.75. The summed E-state index contributed by atoms with van der Waals surface area (Å²) in [6.07, 6.45) is 3.26. The van der Waals surface area contributed by atoms with Gasteiger partial charge in [-0.15, -0.1) is 11.3 Å². The molecular weight excluding hydrogens is 314 g/mol. The molecular formula is C16H25N3O3S. The zero-order chi connectivity index (χ0) is 17.0. The molecule has 6 nitrogen and oxygen atoms in total. The summed E-state index contributed by atoms with van der Waals surface area (Å²) in [7, 11) is 1.93. The fourth-order valence-electron chi connectivity index (χ4n) is 2.59. The van der Waals surface area contributed by atoms with Gasteiger partial charge in [0.2, 0.25) is 5.78 Å². The van der Waals surface area contributed by atoms with Crippen molar-refractivity contribution < 1.29 is 14.3 Å². The first kappa shape index (κ1) is 17.9. The van der Waals surface area contributed by atoms with E-state index >= 15 is 0 Å². The standard InChI is InChI=1S/C16H25N3O3S/c1-16(2,3)22-15(21)19-8-5-6-12(10-19)18(4)11-13(20)14-17-7-9-23-14/h7,9,12H,5-6,8,10-11H2,1-4H3. The third kappa shape index (κ3) is 5.28. The van der Waals surface area contributed by atoms with Crippen molar-refractivity contribution in [3.8, 4) is 0 Å². The summed E-state index contributed by atoms with van der Waals surface area (Å²) in [5.74, 6) is 0.0249. The lowest BCUT2D eigenvalue weighted by Gasteiger charge is -2.37. The number of ketones is 1. The summed E-state index contributed by atoms with van der Waals surface area (Å²) >= 11 is 1.36. The number of hydrogen-bond acceptors (Lipinski definition) is 6. The molecule has 1 aromatic rings. The highest BCUT2D eigenvalue weighted by Crippen LogP contribution is 2.18. The number of carbonyl (C=O) groups is 2. The number of likely N-dealkylation sites (N-methyl/N-ethyl adjacent to an activating group) is 1. The van der Waals surface area contributed by atoms with Crippen molar-refractivity contribution in [1.82, 2.24) is 14.8 Å². The van der Waals surface area contributed by atoms with Gasteiger partial charge in [-0.05, 0) is 40.7 Å². The second kappa shape index (κ2) is 7.40. The van der Waals surface area contributed by atoms with E-state index in [1.54, 1.807) is 16.5 Å². The molecule has 1 atom stereocenters. The van der Waals surface area contributed by atoms with Crippen LogP contribution in [0.2, 0.25) is 0 Å². The van der Waals surface area contributed by atoms with Crippen LogP contribution in [0.5, 0.6) is 0 Å². The van der Waals surface area contributed by atoms with Crippen LogP contribution in [0.15, 0.2) is 11.6 Å². The van der Waals surface area contributed by atoms with Gasteiger partial charge in [0.25, 0.3) is 0 Å². The summed E-state index contributed by atoms with van der Waals surface area (Å²) in [6.45, 7) is 7.22. The molecule has 1 aliphatic rings. The molecule has 1 fully saturated rings. The average molecular weight is 339 g/mol. The van der Waals surface area contributed by atoms with Gasteiger partial charge < -0.3 is 9.64 Å². The molecule has 1 aliphatic heterocycles. The summed E-state index contributed by atoms with van der Waals surface area (Å²) in [4.78, 5) is 32.2. The number of Topliss-reactive ketones (excluding diaryl/α,β-unsaturated/α-hetero) is 1. The van der Waals surface area contributed by atoms with E-state index in [2.05, 4.69) is 4.98 Å². The summed E-state index contributed by atoms with van der Waals surface area (Å²) in [5, 5.41) is 2.34. The summed E-state index contributed by atoms with van der Waals surface area (Å²) < 4.78 is 5.44. The first-order valence-electron chi connectivity index (χ1n) is 7.87. The van der Waals surface area contributed by atoms with Crippen LogP contribution in [0.25, 0.3) is 0 Å². The number of rotatable bonds is 4. The SMILES string of the molecule is CN(CC(=O)c1nccs1)C1CCCN(C(=O)OC(C)(C)C)C1. The quantitative estimate of drug-likeness (QED) is 0.789. The molecule has 0 aliphatic carbocycles. The Hall–Kier alpha value is -1.47. The van der Waals surface area contributed by atoms with Crippen molar-refractivity contribution in [2.75, 3.05) is 26.7 Å². The topological polar surface area (TPSA) is 62.7 Å². The molecule has 7 heteroatoms. The fraction of sp³-hybridized carbons (Fsp3) is 0.688. The molecule has 23 heavy (non-hydrogen) atoms. The number of hydrogen-bond donors (Lipinski definition) is 0. The van der Waals surface area contributed by atoms with E-state index < -0.39 is 5.60 Å². The number of carbonyl (C=O) groups excluding carboxylic acids is 2. The molecule has 128 valence electrons. The molecule has 1 saturated heterocycles. The first-order valence-corrected chi connectivity index (χ1v) is 8.75. The number of amides is 1. The molecule has 0 N–H and O–H groups in total. The van der Waals surface area contributed by atoms with Gasteiger partial charge in [0.05, 0.1) is 6.54 Å². The van der Waals surface area contributed by atoms with E-state index in [9.17, 15) is 9.59 Å². The zero-order valence-electron chi connectivity index (χ0n) is 14.2. The molecule has 0 saturated carbocycles. The van der Waals surface area contributed by atoms with Crippen molar-refractivity contribution in [3.05, 3.63) is 16.6 Å². The number of thiazole rings is 1. The lowest BCUT2D eigenvalue weighted by molar-refractivity contribution is 0.0129. The van der Waals surface area contributed by atoms with Crippen LogP contribution in [-0.2, 0) is 4.74 Å². The lowest BCUT2D eigenvalue weighted by atomic mass is 10.0. The number of piperidine rings is 1. The normalized spacial score (nSPS) is 19.0. The Morgan fingerprint density at radius 1 is 1.48 bits per heavy atom. The molecule has 0 radical (unpaired) electrons. The predicted molar refractivity (Wildman–Crippen MR) is 89.9 cm³/mol. The lowest BCUT2D eigenvalue weighted by Crippen LogP contribution is -2.50. The van der Waals surface area contributed by atoms with Gasteiger partial charge in [-0.3, -0.25) is 9.69 Å². The minimum absolute atomic E-state index is 0.0249. The molecule has 0 bridgehead atoms. The van der Waals surface area contributed by atoms with Crippen LogP contribution in [0.3, 0.4) is 0 Å². The maximum Gasteiger partial charge on any atom is 0.410 e. The van der Waals surface area contributed by atoms with Crippen molar-refractivity contribution in [2.24, 2.45) is 0 Å². The van der Waals surface area contributed by atoms with Crippen LogP contribution in [0.1, 0.15) is 43.4 Å². The highest BCUT2D eigenvalue weighted by molar-refractivity contribution is 7.11. The van der Waals surface area contributed by atoms with Crippen LogP contribution < -0.4 is 0 Å². The van der Waals surface area contributed by atoms with Gasteiger partial charge in [0.15, 0.2) is 5.01 Å². The number of ether oxygens (including phenoxy) is 1. The largest absolute Gasteiger partial charge is 0.444 e. The van der Waals surface area contributed by atoms with E-state index in [0.717, 1.165) is 12.8 Å². The van der Waals surface area contributed by atoms with Crippen molar-refractivity contribution in [3.63, 3.8) is 0 Å². The van der Waals surface area contributed by atoms with Crippen LogP contribution in [0, 0.1) is 0 Å². The fourth-order valence-corrected chi connectivity index (χ4v) is 3.16. The highest BCUT2D eigenvalue weighted by atomic mass is 32.1. The average Bonchev–Trinajstić information content (AvgIpc) is 3.00. The third-order valence-corrected chi connectivity index (χ3v) is 4.55. The smallest absolute Gasteiger partial charge is 0.410 e. The number of aromatic nitrogens is 1. The molecule has 2 heterocycles. The molecule has 0 spiro atoms. The van der Waals surface area contributed by atoms with Crippen molar-refractivity contribution >= 4 is 23.2 Å². The Balaban J connectivity index is 1.90. The minimum Gasteiger partial charge on any atom is -0.444 e. The Morgan fingerprint density at radius 3 is 2.83 bits per heavy atom. The number of nitrogens with zero attached hydrogens (tertiary/aromatic N) is 3. The molecule has 1 aromatic heterocycles. The third-order valence-electron chi connectivity index (χ3n) is 3.74. The van der Waals surface area contributed by atoms with Gasteiger partial charge in [0.1, 0.15) is 5.60 Å². The van der Waals surface area contributed by atoms with Gasteiger partial charge in [0, 0.05) is 30.7 Å². The first-order chi connectivity index (χ1) is 10.8. The van der Waals surface area contributed by atoms with E-state index in [1.807, 2.05) is 32.7 Å². The van der Waals surface area contributed by atoms with Crippen LogP contribution >= 0.6 is 11.3 Å². The van der Waals surface area contributed by atoms with E-state index in [1.165, 1.54) is 11.3 Å². The predicted octanol–water partition coefficient (Wildman–Crippen LogP) is 2.66. The van der Waals surface area contributed by atoms with E-state index in [4.69, 9.17) is 4.74 Å². The second-order valence-electron chi connectivity index (χ2n) is 6.90. The second-order valence-corrected chi connectivity index (χ2v) is 7.79. The van der Waals surface area contributed by atoms with Gasteiger partial charge in [-0.2, -0.15) is 0 Å². The molecule has 0 aromatic carbocycles. The maximum absolute atomic E-state index is 12.2. The van der Waals surface area contributed by atoms with Crippen molar-refractivity contribution in [2.45, 2.75) is 45.3 Å². The maximum atomic E-state index is 12.2. The Bertz CT molecular complexity index is 539. The van der Waals surface area contributed by atoms with Crippen LogP contribution in [-0.4, -0.2) is 65.0 Å². The highest BCUT2D eigenvalue weighted by Gasteiger charge is 2.30. The van der Waals surface area contributed by atoms with Gasteiger partial charge in [-0.25, -0.2) is 9.78 Å². The summed E-state index contributed by atoms with van der Waals surface area (Å²) in [6, 6.07) is 0.167. The van der Waals surface area contributed by atoms with Crippen molar-refractivity contribution in [1.29, 1.82) is 0 Å². The molecule has 2 rings (SSSR count). The molecule has 1 unspecified atom stereocenters. The van der Waals surface area contributed by atoms with Crippen LogP contribution in [0.4, 0.5) is 4.79 Å². The van der Waals surface area contributed by atoms with E-state index in [-0.39, 0.29) is 17.9 Å². The zero-order valence-corrected chi connectivity index (χ0v) is 15.1. The Morgan fingerprint density at radius 2 is 2.22 bits per heavy atom. The van der Waals surface area contributed by atoms with Gasteiger partial charge >= 0.3 is 6.09 Å². The molecule has 1 amide bonds. The number of likely N-dealkylation sites (tertiary alicyclic amines) is 1. The van der Waals surface area contributed by atoms with Gasteiger partial charge in [-0.1, -0.05) is 0 Å². The van der Waals surface area contributed by atoms with E-state index in [0.29, 0.717) is 24.6 Å².